The summed E-state index contributed by atoms with van der Waals surface area (Å²) in [7, 11) is 0. The van der Waals surface area contributed by atoms with Crippen molar-refractivity contribution in [1.82, 2.24) is 25.0 Å². The number of nitrogens with zero attached hydrogens (tertiary/aromatic N) is 4. The third-order valence-corrected chi connectivity index (χ3v) is 6.19. The quantitative estimate of drug-likeness (QED) is 0.726. The summed E-state index contributed by atoms with van der Waals surface area (Å²) in [5.41, 5.74) is 3.57. The van der Waals surface area contributed by atoms with Gasteiger partial charge in [-0.1, -0.05) is 54.8 Å². The topological polar surface area (TPSA) is 70.8 Å². The Balaban J connectivity index is 1.36. The second-order valence-corrected chi connectivity index (χ2v) is 8.19. The Hall–Kier alpha value is -2.47. The van der Waals surface area contributed by atoms with Crippen LogP contribution in [-0.2, 0) is 19.4 Å². The molecule has 1 fully saturated rings. The average molecular weight is 377 g/mol. The smallest absolute Gasteiger partial charge is 0.244 e. The van der Waals surface area contributed by atoms with Crippen molar-refractivity contribution >= 4 is 0 Å². The van der Waals surface area contributed by atoms with Gasteiger partial charge < -0.3 is 9.51 Å². The molecule has 146 valence electrons. The lowest BCUT2D eigenvalue weighted by Gasteiger charge is -2.36. The van der Waals surface area contributed by atoms with Crippen LogP contribution >= 0.6 is 0 Å². The highest BCUT2D eigenvalue weighted by atomic mass is 16.5. The van der Waals surface area contributed by atoms with Crippen LogP contribution in [0.4, 0.5) is 0 Å². The van der Waals surface area contributed by atoms with E-state index in [2.05, 4.69) is 32.2 Å². The second-order valence-electron chi connectivity index (χ2n) is 8.19. The van der Waals surface area contributed by atoms with Crippen molar-refractivity contribution in [1.29, 1.82) is 0 Å². The van der Waals surface area contributed by atoms with E-state index < -0.39 is 0 Å². The standard InChI is InChI=1S/C22H27N5O/c1-3-7-16(8-4-1)11-21-25-22(28-26-21)20-12-18-19(24-15-23-18)14-27(20)13-17-9-5-2-6-10-17/h1,3-4,7-8,15,17,20H,2,5-6,9-14H2,(H,23,24)/t20-/m0/s1. The molecule has 0 spiro atoms. The molecule has 2 aliphatic rings. The summed E-state index contributed by atoms with van der Waals surface area (Å²) in [6.07, 6.45) is 10.1. The molecule has 3 aromatic rings. The number of fused-ring (bicyclic) bond motifs is 1. The number of H-pyrrole nitrogens is 1. The van der Waals surface area contributed by atoms with Gasteiger partial charge in [-0.15, -0.1) is 0 Å². The van der Waals surface area contributed by atoms with Crippen molar-refractivity contribution < 1.29 is 4.52 Å². The molecule has 6 heteroatoms. The molecule has 0 radical (unpaired) electrons. The van der Waals surface area contributed by atoms with Crippen LogP contribution in [0.15, 0.2) is 41.2 Å². The molecule has 3 heterocycles. The molecule has 1 aliphatic carbocycles. The van der Waals surface area contributed by atoms with Crippen LogP contribution in [0, 0.1) is 5.92 Å². The van der Waals surface area contributed by atoms with E-state index in [1.54, 1.807) is 6.33 Å². The van der Waals surface area contributed by atoms with E-state index in [1.165, 1.54) is 43.4 Å². The predicted octanol–water partition coefficient (Wildman–Crippen LogP) is 4.06. The van der Waals surface area contributed by atoms with Gasteiger partial charge in [0.15, 0.2) is 5.82 Å². The number of benzene rings is 1. The summed E-state index contributed by atoms with van der Waals surface area (Å²) >= 11 is 0. The molecule has 0 unspecified atom stereocenters. The molecule has 28 heavy (non-hydrogen) atoms. The lowest BCUT2D eigenvalue weighted by Crippen LogP contribution is -2.38. The Bertz CT molecular complexity index is 897. The van der Waals surface area contributed by atoms with Crippen molar-refractivity contribution in [2.75, 3.05) is 6.54 Å². The number of nitrogens with one attached hydrogen (secondary N) is 1. The van der Waals surface area contributed by atoms with Gasteiger partial charge in [-0.2, -0.15) is 4.98 Å². The number of aromatic amines is 1. The van der Waals surface area contributed by atoms with Crippen LogP contribution in [0.2, 0.25) is 0 Å². The maximum absolute atomic E-state index is 5.75. The lowest BCUT2D eigenvalue weighted by atomic mass is 9.88. The van der Waals surface area contributed by atoms with Crippen LogP contribution in [0.1, 0.15) is 66.8 Å². The van der Waals surface area contributed by atoms with E-state index in [9.17, 15) is 0 Å². The van der Waals surface area contributed by atoms with Crippen LogP contribution < -0.4 is 0 Å². The molecule has 2 aromatic heterocycles. The molecule has 1 saturated carbocycles. The van der Waals surface area contributed by atoms with E-state index in [0.29, 0.717) is 6.42 Å². The van der Waals surface area contributed by atoms with E-state index in [4.69, 9.17) is 9.51 Å². The Morgan fingerprint density at radius 3 is 2.82 bits per heavy atom. The molecule has 0 bridgehead atoms. The summed E-state index contributed by atoms with van der Waals surface area (Å²) in [6, 6.07) is 10.4. The summed E-state index contributed by atoms with van der Waals surface area (Å²) in [5.74, 6) is 2.26. The molecule has 1 aromatic carbocycles. The first kappa shape index (κ1) is 17.6. The highest BCUT2D eigenvalue weighted by molar-refractivity contribution is 5.20. The van der Waals surface area contributed by atoms with E-state index in [0.717, 1.165) is 42.8 Å². The van der Waals surface area contributed by atoms with Crippen LogP contribution in [0.25, 0.3) is 0 Å². The molecular formula is C22H27N5O. The van der Waals surface area contributed by atoms with E-state index in [1.807, 2.05) is 18.2 Å². The fourth-order valence-electron chi connectivity index (χ4n) is 4.68. The van der Waals surface area contributed by atoms with Gasteiger partial charge in [-0.25, -0.2) is 4.98 Å². The van der Waals surface area contributed by atoms with Gasteiger partial charge in [0.2, 0.25) is 5.89 Å². The minimum Gasteiger partial charge on any atom is -0.347 e. The second kappa shape index (κ2) is 7.87. The van der Waals surface area contributed by atoms with Gasteiger partial charge in [0.25, 0.3) is 0 Å². The van der Waals surface area contributed by atoms with Gasteiger partial charge in [-0.05, 0) is 24.3 Å². The van der Waals surface area contributed by atoms with Gasteiger partial charge >= 0.3 is 0 Å². The van der Waals surface area contributed by atoms with Gasteiger partial charge in [0.05, 0.1) is 23.8 Å². The fourth-order valence-corrected chi connectivity index (χ4v) is 4.68. The number of rotatable bonds is 5. The van der Waals surface area contributed by atoms with Crippen molar-refractivity contribution in [3.63, 3.8) is 0 Å². The van der Waals surface area contributed by atoms with Crippen LogP contribution in [-0.4, -0.2) is 31.6 Å². The normalized spacial score (nSPS) is 20.9. The Morgan fingerprint density at radius 2 is 1.96 bits per heavy atom. The third kappa shape index (κ3) is 3.74. The number of aromatic nitrogens is 4. The molecular weight excluding hydrogens is 350 g/mol. The molecule has 5 rings (SSSR count). The number of imidazole rings is 1. The Morgan fingerprint density at radius 1 is 1.11 bits per heavy atom. The van der Waals surface area contributed by atoms with Crippen molar-refractivity contribution in [3.05, 3.63) is 65.3 Å². The average Bonchev–Trinajstić information content (AvgIpc) is 3.38. The third-order valence-electron chi connectivity index (χ3n) is 6.19. The van der Waals surface area contributed by atoms with E-state index >= 15 is 0 Å². The molecule has 0 amide bonds. The zero-order valence-electron chi connectivity index (χ0n) is 16.2. The summed E-state index contributed by atoms with van der Waals surface area (Å²) < 4.78 is 5.75. The van der Waals surface area contributed by atoms with Gasteiger partial charge in [-0.3, -0.25) is 4.90 Å². The molecule has 6 nitrogen and oxygen atoms in total. The summed E-state index contributed by atoms with van der Waals surface area (Å²) in [6.45, 7) is 1.98. The van der Waals surface area contributed by atoms with Crippen molar-refractivity contribution in [2.45, 2.75) is 57.5 Å². The largest absolute Gasteiger partial charge is 0.347 e. The maximum Gasteiger partial charge on any atom is 0.244 e. The monoisotopic (exact) mass is 377 g/mol. The van der Waals surface area contributed by atoms with Crippen LogP contribution in [0.5, 0.6) is 0 Å². The molecule has 1 N–H and O–H groups in total. The SMILES string of the molecule is c1ccc(Cc2noc([C@@H]3Cc4nc[nH]c4CN3CC3CCCCC3)n2)cc1. The predicted molar refractivity (Wildman–Crippen MR) is 106 cm³/mol. The maximum atomic E-state index is 5.75. The molecule has 1 atom stereocenters. The zero-order valence-corrected chi connectivity index (χ0v) is 16.2. The first-order valence-corrected chi connectivity index (χ1v) is 10.5. The first-order chi connectivity index (χ1) is 13.8. The van der Waals surface area contributed by atoms with Gasteiger partial charge in [0, 0.05) is 25.9 Å². The van der Waals surface area contributed by atoms with Crippen molar-refractivity contribution in [2.24, 2.45) is 5.92 Å². The Kier molecular flexibility index (Phi) is 4.95. The number of hydrogen-bond acceptors (Lipinski definition) is 5. The highest BCUT2D eigenvalue weighted by Crippen LogP contribution is 2.34. The lowest BCUT2D eigenvalue weighted by molar-refractivity contribution is 0.104. The Labute approximate surface area is 165 Å². The first-order valence-electron chi connectivity index (χ1n) is 10.5. The number of hydrogen-bond donors (Lipinski definition) is 1. The molecule has 1 aliphatic heterocycles. The van der Waals surface area contributed by atoms with Crippen molar-refractivity contribution in [3.8, 4) is 0 Å². The zero-order chi connectivity index (χ0) is 18.8. The van der Waals surface area contributed by atoms with Crippen LogP contribution in [0.3, 0.4) is 0 Å². The minimum atomic E-state index is 0.120. The highest BCUT2D eigenvalue weighted by Gasteiger charge is 2.34. The fraction of sp³-hybridized carbons (Fsp3) is 0.500. The summed E-state index contributed by atoms with van der Waals surface area (Å²) in [4.78, 5) is 15.1. The summed E-state index contributed by atoms with van der Waals surface area (Å²) in [5, 5.41) is 4.27. The molecule has 0 saturated heterocycles. The minimum absolute atomic E-state index is 0.120. The van der Waals surface area contributed by atoms with E-state index in [-0.39, 0.29) is 6.04 Å². The van der Waals surface area contributed by atoms with Gasteiger partial charge in [0.1, 0.15) is 0 Å².